The first kappa shape index (κ1) is 9.85. The largest absolute Gasteiger partial charge is 0.192 e. The van der Waals surface area contributed by atoms with Crippen LogP contribution < -0.4 is 0 Å². The van der Waals surface area contributed by atoms with Gasteiger partial charge in [-0.15, -0.1) is 23.1 Å². The Kier molecular flexibility index (Phi) is 2.69. The van der Waals surface area contributed by atoms with E-state index >= 15 is 0 Å². The van der Waals surface area contributed by atoms with E-state index in [-0.39, 0.29) is 0 Å². The zero-order valence-electron chi connectivity index (χ0n) is 7.37. The Balaban J connectivity index is 2.78. The topological polar surface area (TPSA) is 23.8 Å². The second-order valence-corrected chi connectivity index (χ2v) is 4.91. The quantitative estimate of drug-likeness (QED) is 0.698. The number of benzene rings is 1. The molecule has 0 saturated heterocycles. The van der Waals surface area contributed by atoms with Crippen molar-refractivity contribution in [1.29, 1.82) is 5.26 Å². The van der Waals surface area contributed by atoms with E-state index in [1.165, 1.54) is 0 Å². The van der Waals surface area contributed by atoms with E-state index in [2.05, 4.69) is 6.07 Å². The van der Waals surface area contributed by atoms with Crippen LogP contribution in [0, 0.1) is 11.3 Å². The molecule has 2 rings (SSSR count). The predicted octanol–water partition coefficient (Wildman–Crippen LogP) is 4.15. The van der Waals surface area contributed by atoms with Crippen molar-refractivity contribution in [3.63, 3.8) is 0 Å². The highest BCUT2D eigenvalue weighted by atomic mass is 35.5. The molecule has 0 amide bonds. The van der Waals surface area contributed by atoms with E-state index in [9.17, 15) is 0 Å². The number of hydrogen-bond acceptors (Lipinski definition) is 3. The lowest BCUT2D eigenvalue weighted by Crippen LogP contribution is -1.75. The Labute approximate surface area is 95.3 Å². The zero-order chi connectivity index (χ0) is 10.1. The van der Waals surface area contributed by atoms with Gasteiger partial charge < -0.3 is 0 Å². The molecule has 1 aromatic carbocycles. The van der Waals surface area contributed by atoms with Crippen LogP contribution >= 0.6 is 34.7 Å². The first-order valence-electron chi connectivity index (χ1n) is 3.91. The summed E-state index contributed by atoms with van der Waals surface area (Å²) in [6.45, 7) is 0. The summed E-state index contributed by atoms with van der Waals surface area (Å²) >= 11 is 9.21. The van der Waals surface area contributed by atoms with Crippen LogP contribution in [0.4, 0.5) is 0 Å². The van der Waals surface area contributed by atoms with E-state index in [0.29, 0.717) is 0 Å². The maximum atomic E-state index is 8.87. The number of nitriles is 1. The van der Waals surface area contributed by atoms with Crippen LogP contribution in [0.25, 0.3) is 10.1 Å². The summed E-state index contributed by atoms with van der Waals surface area (Å²) in [5.74, 6) is 0. The first-order chi connectivity index (χ1) is 6.76. The fraction of sp³-hybridized carbons (Fsp3) is 0.100. The van der Waals surface area contributed by atoms with E-state index in [1.54, 1.807) is 23.1 Å². The van der Waals surface area contributed by atoms with Gasteiger partial charge in [0.05, 0.1) is 10.6 Å². The monoisotopic (exact) mass is 239 g/mol. The number of hydrogen-bond donors (Lipinski definition) is 0. The van der Waals surface area contributed by atoms with Gasteiger partial charge in [-0.1, -0.05) is 11.6 Å². The molecule has 0 aliphatic rings. The Morgan fingerprint density at radius 2 is 2.29 bits per heavy atom. The normalized spacial score (nSPS) is 10.4. The van der Waals surface area contributed by atoms with Crippen molar-refractivity contribution < 1.29 is 0 Å². The number of fused-ring (bicyclic) bond motifs is 1. The van der Waals surface area contributed by atoms with Crippen molar-refractivity contribution in [2.24, 2.45) is 0 Å². The molecule has 0 N–H and O–H groups in total. The third kappa shape index (κ3) is 1.50. The molecule has 0 saturated carbocycles. The molecular formula is C10H6ClNS2. The molecule has 0 aliphatic carbocycles. The Hall–Kier alpha value is -0.690. The van der Waals surface area contributed by atoms with Crippen molar-refractivity contribution in [1.82, 2.24) is 0 Å². The second kappa shape index (κ2) is 3.82. The van der Waals surface area contributed by atoms with Crippen molar-refractivity contribution in [3.05, 3.63) is 28.1 Å². The maximum absolute atomic E-state index is 8.87. The average molecular weight is 240 g/mol. The highest BCUT2D eigenvalue weighted by Crippen LogP contribution is 2.34. The second-order valence-electron chi connectivity index (χ2n) is 2.74. The van der Waals surface area contributed by atoms with Crippen LogP contribution in [0.15, 0.2) is 22.4 Å². The molecule has 0 atom stereocenters. The minimum Gasteiger partial charge on any atom is -0.192 e. The van der Waals surface area contributed by atoms with Crippen molar-refractivity contribution >= 4 is 44.8 Å². The molecule has 2 aromatic rings. The number of rotatable bonds is 1. The Morgan fingerprint density at radius 1 is 1.50 bits per heavy atom. The van der Waals surface area contributed by atoms with Crippen molar-refractivity contribution in [3.8, 4) is 6.07 Å². The molecule has 1 nitrogen and oxygen atoms in total. The van der Waals surface area contributed by atoms with Crippen molar-refractivity contribution in [2.45, 2.75) is 4.90 Å². The number of nitrogens with zero attached hydrogens (tertiary/aromatic N) is 1. The molecule has 4 heteroatoms. The first-order valence-corrected chi connectivity index (χ1v) is 6.39. The SMILES string of the molecule is CSc1cc2c(C#N)csc2cc1Cl. The van der Waals surface area contributed by atoms with Gasteiger partial charge in [0.2, 0.25) is 0 Å². The molecule has 1 heterocycles. The third-order valence-electron chi connectivity index (χ3n) is 1.97. The minimum atomic E-state index is 0.733. The summed E-state index contributed by atoms with van der Waals surface area (Å²) in [6.07, 6.45) is 1.98. The molecule has 70 valence electrons. The van der Waals surface area contributed by atoms with E-state index in [0.717, 1.165) is 25.6 Å². The average Bonchev–Trinajstić information content (AvgIpc) is 2.58. The smallest absolute Gasteiger partial charge is 0.101 e. The molecule has 0 bridgehead atoms. The van der Waals surface area contributed by atoms with Gasteiger partial charge in [-0.2, -0.15) is 5.26 Å². The summed E-state index contributed by atoms with van der Waals surface area (Å²) < 4.78 is 1.07. The number of thioether (sulfide) groups is 1. The third-order valence-corrected chi connectivity index (χ3v) is 4.12. The van der Waals surface area contributed by atoms with E-state index in [1.807, 2.05) is 23.8 Å². The van der Waals surface area contributed by atoms with Gasteiger partial charge in [-0.3, -0.25) is 0 Å². The molecule has 0 radical (unpaired) electrons. The summed E-state index contributed by atoms with van der Waals surface area (Å²) in [7, 11) is 0. The van der Waals surface area contributed by atoms with E-state index < -0.39 is 0 Å². The summed E-state index contributed by atoms with van der Waals surface area (Å²) in [4.78, 5) is 1.02. The number of thiophene rings is 1. The molecule has 1 aromatic heterocycles. The Morgan fingerprint density at radius 3 is 2.93 bits per heavy atom. The van der Waals surface area contributed by atoms with Crippen LogP contribution in [0.1, 0.15) is 5.56 Å². The lowest BCUT2D eigenvalue weighted by atomic mass is 10.2. The summed E-state index contributed by atoms with van der Waals surface area (Å²) in [5.41, 5.74) is 0.733. The van der Waals surface area contributed by atoms with Gasteiger partial charge in [-0.05, 0) is 18.4 Å². The van der Waals surface area contributed by atoms with Gasteiger partial charge in [-0.25, -0.2) is 0 Å². The molecule has 14 heavy (non-hydrogen) atoms. The van der Waals surface area contributed by atoms with Crippen molar-refractivity contribution in [2.75, 3.05) is 6.26 Å². The Bertz CT molecular complexity index is 525. The summed E-state index contributed by atoms with van der Waals surface area (Å²) in [6, 6.07) is 6.09. The standard InChI is InChI=1S/C10H6ClNS2/c1-13-10-2-7-6(4-12)5-14-9(7)3-8(10)11/h2-3,5H,1H3. The van der Waals surface area contributed by atoms with Crippen LogP contribution in [-0.4, -0.2) is 6.26 Å². The minimum absolute atomic E-state index is 0.733. The molecule has 0 spiro atoms. The molecular weight excluding hydrogens is 234 g/mol. The fourth-order valence-electron chi connectivity index (χ4n) is 1.27. The van der Waals surface area contributed by atoms with Gasteiger partial charge >= 0.3 is 0 Å². The van der Waals surface area contributed by atoms with Crippen LogP contribution in [0.3, 0.4) is 0 Å². The lowest BCUT2D eigenvalue weighted by Gasteiger charge is -2.00. The maximum Gasteiger partial charge on any atom is 0.101 e. The highest BCUT2D eigenvalue weighted by Gasteiger charge is 2.07. The molecule has 0 fully saturated rings. The van der Waals surface area contributed by atoms with Gasteiger partial charge in [0.25, 0.3) is 0 Å². The van der Waals surface area contributed by atoms with Gasteiger partial charge in [0.15, 0.2) is 0 Å². The summed E-state index contributed by atoms with van der Waals surface area (Å²) in [5, 5.41) is 12.5. The lowest BCUT2D eigenvalue weighted by molar-refractivity contribution is 1.49. The number of halogens is 1. The van der Waals surface area contributed by atoms with Crippen LogP contribution in [0.5, 0.6) is 0 Å². The van der Waals surface area contributed by atoms with Crippen LogP contribution in [0.2, 0.25) is 5.02 Å². The zero-order valence-corrected chi connectivity index (χ0v) is 9.76. The fourth-order valence-corrected chi connectivity index (χ4v) is 3.13. The highest BCUT2D eigenvalue weighted by molar-refractivity contribution is 7.98. The molecule has 0 aliphatic heterocycles. The van der Waals surface area contributed by atoms with E-state index in [4.69, 9.17) is 16.9 Å². The van der Waals surface area contributed by atoms with Crippen LogP contribution in [-0.2, 0) is 0 Å². The van der Waals surface area contributed by atoms with Gasteiger partial charge in [0.1, 0.15) is 6.07 Å². The predicted molar refractivity (Wildman–Crippen MR) is 63.3 cm³/mol. The molecule has 0 unspecified atom stereocenters. The van der Waals surface area contributed by atoms with Gasteiger partial charge in [0, 0.05) is 20.4 Å².